The first kappa shape index (κ1) is 30.8. The predicted molar refractivity (Wildman–Crippen MR) is 207 cm³/mol. The van der Waals surface area contributed by atoms with Crippen LogP contribution in [0.15, 0.2) is 134 Å². The normalized spacial score (nSPS) is 19.3. The summed E-state index contributed by atoms with van der Waals surface area (Å²) in [6.07, 6.45) is 4.21. The topological polar surface area (TPSA) is 27.1 Å². The number of benzene rings is 5. The van der Waals surface area contributed by atoms with E-state index in [2.05, 4.69) is 173 Å². The van der Waals surface area contributed by atoms with Crippen LogP contribution in [0.4, 0.5) is 22.7 Å². The van der Waals surface area contributed by atoms with Gasteiger partial charge in [-0.15, -0.1) is 0 Å². The van der Waals surface area contributed by atoms with Gasteiger partial charge in [-0.1, -0.05) is 83.1 Å². The molecule has 0 amide bonds. The van der Waals surface area contributed by atoms with Crippen molar-refractivity contribution in [3.8, 4) is 17.3 Å². The highest BCUT2D eigenvalue weighted by atomic mass is 16.5. The third-order valence-electron chi connectivity index (χ3n) is 11.0. The van der Waals surface area contributed by atoms with E-state index in [0.29, 0.717) is 15.1 Å². The average molecular weight is 656 g/mol. The van der Waals surface area contributed by atoms with Crippen LogP contribution in [0.2, 0.25) is 0 Å². The van der Waals surface area contributed by atoms with Crippen molar-refractivity contribution >= 4 is 44.6 Å². The molecule has 7 aromatic rings. The van der Waals surface area contributed by atoms with E-state index in [9.17, 15) is 0 Å². The smallest absolute Gasteiger partial charge is 0.225 e. The van der Waals surface area contributed by atoms with Gasteiger partial charge in [-0.3, -0.25) is 4.57 Å². The van der Waals surface area contributed by atoms with Crippen LogP contribution in [0.1, 0.15) is 64.5 Å². The fraction of sp³-hybridized carbons (Fsp3) is 0.200. The summed E-state index contributed by atoms with van der Waals surface area (Å²) in [6, 6.07) is 46.1. The number of ether oxygens (including phenoxy) is 1. The lowest BCUT2D eigenvalue weighted by Crippen LogP contribution is -2.46. The van der Waals surface area contributed by atoms with Crippen LogP contribution in [0.3, 0.4) is 0 Å². The zero-order valence-corrected chi connectivity index (χ0v) is 29.5. The second-order valence-corrected chi connectivity index (χ2v) is 14.9. The summed E-state index contributed by atoms with van der Waals surface area (Å²) in [5.74, 6) is 3.09. The molecule has 50 heavy (non-hydrogen) atoms. The Morgan fingerprint density at radius 1 is 0.660 bits per heavy atom. The number of rotatable bonds is 8. The Kier molecular flexibility index (Phi) is 6.86. The molecule has 0 N–H and O–H groups in total. The van der Waals surface area contributed by atoms with Crippen molar-refractivity contribution in [1.29, 1.82) is 0 Å². The maximum atomic E-state index is 6.72. The molecule has 2 aliphatic rings. The van der Waals surface area contributed by atoms with Gasteiger partial charge in [0.1, 0.15) is 17.3 Å². The first-order valence-electron chi connectivity index (χ1n) is 17.9. The van der Waals surface area contributed by atoms with Gasteiger partial charge in [-0.2, -0.15) is 9.18 Å². The highest BCUT2D eigenvalue weighted by Gasteiger charge is 2.77. The van der Waals surface area contributed by atoms with Gasteiger partial charge < -0.3 is 4.74 Å². The van der Waals surface area contributed by atoms with Crippen molar-refractivity contribution in [2.75, 3.05) is 0 Å². The summed E-state index contributed by atoms with van der Waals surface area (Å²) >= 11 is 0. The Morgan fingerprint density at radius 3 is 2.06 bits per heavy atom. The highest BCUT2D eigenvalue weighted by Crippen LogP contribution is 2.75. The Morgan fingerprint density at radius 2 is 1.32 bits per heavy atom. The maximum absolute atomic E-state index is 6.72. The molecule has 5 aromatic carbocycles. The lowest BCUT2D eigenvalue weighted by molar-refractivity contribution is 0.423. The van der Waals surface area contributed by atoms with Crippen molar-refractivity contribution in [3.63, 3.8) is 0 Å². The van der Waals surface area contributed by atoms with Crippen molar-refractivity contribution in [1.82, 2.24) is 18.7 Å². The zero-order valence-electron chi connectivity index (χ0n) is 29.5. The third kappa shape index (κ3) is 4.36. The van der Waals surface area contributed by atoms with Crippen molar-refractivity contribution in [2.24, 2.45) is 0 Å². The molecule has 248 valence electrons. The van der Waals surface area contributed by atoms with E-state index in [0.717, 1.165) is 41.2 Å². The number of para-hydroxylation sites is 3. The van der Waals surface area contributed by atoms with Gasteiger partial charge in [-0.05, 0) is 71.7 Å². The summed E-state index contributed by atoms with van der Waals surface area (Å²) in [5, 5.41) is 2.38. The van der Waals surface area contributed by atoms with Crippen LogP contribution in [0, 0.1) is 6.67 Å². The minimum Gasteiger partial charge on any atom is -0.457 e. The summed E-state index contributed by atoms with van der Waals surface area (Å²) in [4.78, 5) is 4.86. The highest BCUT2D eigenvalue weighted by molar-refractivity contribution is 6.09. The van der Waals surface area contributed by atoms with Gasteiger partial charge >= 0.3 is 0 Å². The number of fused-ring (bicyclic) bond motifs is 7. The lowest BCUT2D eigenvalue weighted by atomic mass is 9.88. The first-order valence-corrected chi connectivity index (χ1v) is 17.9. The molecule has 4 heterocycles. The zero-order chi connectivity index (χ0) is 34.3. The molecule has 1 unspecified atom stereocenters. The molecule has 0 bridgehead atoms. The van der Waals surface area contributed by atoms with Gasteiger partial charge in [0.15, 0.2) is 18.0 Å². The number of hydrogen-bond acceptors (Lipinski definition) is 2. The van der Waals surface area contributed by atoms with E-state index in [1.165, 1.54) is 44.6 Å². The van der Waals surface area contributed by atoms with Gasteiger partial charge in [0.05, 0.1) is 11.0 Å². The molecule has 5 heteroatoms. The number of quaternary nitrogens is 2. The Labute approximate surface area is 294 Å². The molecule has 0 saturated carbocycles. The molecule has 0 aliphatic carbocycles. The second-order valence-electron chi connectivity index (χ2n) is 14.9. The number of pyridine rings is 1. The summed E-state index contributed by atoms with van der Waals surface area (Å²) < 4.78 is 10.3. The monoisotopic (exact) mass is 655 g/mol. The summed E-state index contributed by atoms with van der Waals surface area (Å²) in [7, 11) is 0. The van der Waals surface area contributed by atoms with E-state index in [1.54, 1.807) is 0 Å². The molecule has 2 aromatic heterocycles. The molecular formula is C45H43N4O+. The number of aromatic nitrogens is 2. The van der Waals surface area contributed by atoms with Gasteiger partial charge in [0.25, 0.3) is 0 Å². The molecule has 2 aliphatic heterocycles. The van der Waals surface area contributed by atoms with E-state index in [1.807, 2.05) is 6.20 Å². The van der Waals surface area contributed by atoms with Crippen LogP contribution >= 0.6 is 0 Å². The SMILES string of the molecule is CCC(CC)c1cccc([N@+]23[CH-][N+]2(c2cccc(Oc4ccc5c6ccccc6n(-c6cc(C(C)(C)C)ccn6)c5c4)c2)c2ccccc23)c1. The molecular weight excluding hydrogens is 613 g/mol. The van der Waals surface area contributed by atoms with Crippen LogP contribution in [-0.2, 0) is 5.41 Å². The maximum Gasteiger partial charge on any atom is 0.225 e. The minimum absolute atomic E-state index is 0.0141. The van der Waals surface area contributed by atoms with Crippen LogP contribution in [0.25, 0.3) is 27.6 Å². The fourth-order valence-corrected chi connectivity index (χ4v) is 8.37. The van der Waals surface area contributed by atoms with E-state index in [-0.39, 0.29) is 5.41 Å². The second kappa shape index (κ2) is 11.1. The van der Waals surface area contributed by atoms with Crippen LogP contribution < -0.4 is 13.9 Å². The molecule has 5 nitrogen and oxygen atoms in total. The van der Waals surface area contributed by atoms with Gasteiger partial charge in [-0.25, -0.2) is 4.98 Å². The number of nitrogens with zero attached hydrogens (tertiary/aromatic N) is 4. The number of hydrogen-bond donors (Lipinski definition) is 0. The van der Waals surface area contributed by atoms with Gasteiger partial charge in [0, 0.05) is 59.4 Å². The summed E-state index contributed by atoms with van der Waals surface area (Å²) in [5.41, 5.74) is 10.0. The standard InChI is InChI=1S/C45H43N4O/c1-6-31(7-2)32-14-12-15-34(26-32)48-30-49(48,43-21-11-10-20-42(43)48)35-16-13-17-36(28-35)50-37-22-23-39-38-18-8-9-19-40(38)47(41(39)29-37)44-27-33(24-25-46-44)45(3,4)5/h8-31H,6-7H2,1-5H3/q+1/t48-,49?/m0/s1. The molecule has 1 fully saturated rings. The summed E-state index contributed by atoms with van der Waals surface area (Å²) in [6.45, 7) is 13.8. The quantitative estimate of drug-likeness (QED) is 0.0925. The Balaban J connectivity index is 1.11. The predicted octanol–water partition coefficient (Wildman–Crippen LogP) is 12.5. The Hall–Kier alpha value is -5.23. The average Bonchev–Trinajstić information content (AvgIpc) is 3.63. The van der Waals surface area contributed by atoms with Crippen molar-refractivity contribution in [3.05, 3.63) is 151 Å². The fourth-order valence-electron chi connectivity index (χ4n) is 8.37. The first-order chi connectivity index (χ1) is 24.3. The minimum atomic E-state index is 0.0141. The van der Waals surface area contributed by atoms with Crippen LogP contribution in [-0.4, -0.2) is 9.55 Å². The van der Waals surface area contributed by atoms with E-state index < -0.39 is 0 Å². The van der Waals surface area contributed by atoms with Crippen molar-refractivity contribution < 1.29 is 4.74 Å². The van der Waals surface area contributed by atoms with E-state index in [4.69, 9.17) is 9.72 Å². The van der Waals surface area contributed by atoms with Gasteiger partial charge in [0.2, 0.25) is 11.4 Å². The van der Waals surface area contributed by atoms with E-state index >= 15 is 0 Å². The third-order valence-corrected chi connectivity index (χ3v) is 11.0. The van der Waals surface area contributed by atoms with Crippen molar-refractivity contribution in [2.45, 2.75) is 58.8 Å². The molecule has 2 atom stereocenters. The molecule has 0 radical (unpaired) electrons. The Bertz CT molecular complexity index is 2430. The van der Waals surface area contributed by atoms with Crippen LogP contribution in [0.5, 0.6) is 11.5 Å². The molecule has 0 spiro atoms. The molecule has 1 saturated heterocycles. The lowest BCUT2D eigenvalue weighted by Gasteiger charge is -2.40. The largest absolute Gasteiger partial charge is 0.457 e. The molecule has 9 rings (SSSR count).